The number of carbonyl (C=O) groups is 2. The Morgan fingerprint density at radius 1 is 1.04 bits per heavy atom. The fourth-order valence-electron chi connectivity index (χ4n) is 3.30. The molecule has 1 aliphatic heterocycles. The molecular formula is C20H22N2O2. The SMILES string of the molecule is CCc1cccc(C(C)CC)c1N1C(=O)c2cccc(N)c2C1=O. The smallest absolute Gasteiger partial charge is 0.268 e. The van der Waals surface area contributed by atoms with E-state index in [0.717, 1.165) is 29.7 Å². The van der Waals surface area contributed by atoms with Crippen molar-refractivity contribution in [3.05, 3.63) is 58.7 Å². The number of aryl methyl sites for hydroxylation is 1. The Bertz CT molecular complexity index is 826. The molecule has 0 fully saturated rings. The van der Waals surface area contributed by atoms with Crippen molar-refractivity contribution in [2.45, 2.75) is 39.5 Å². The molecule has 1 heterocycles. The van der Waals surface area contributed by atoms with Gasteiger partial charge in [0.05, 0.1) is 16.8 Å². The van der Waals surface area contributed by atoms with Crippen LogP contribution >= 0.6 is 0 Å². The summed E-state index contributed by atoms with van der Waals surface area (Å²) in [5.74, 6) is -0.348. The van der Waals surface area contributed by atoms with Crippen LogP contribution in [0, 0.1) is 0 Å². The predicted octanol–water partition coefficient (Wildman–Crippen LogP) is 4.15. The first-order valence-electron chi connectivity index (χ1n) is 8.40. The largest absolute Gasteiger partial charge is 0.398 e. The normalized spacial score (nSPS) is 14.9. The fraction of sp³-hybridized carbons (Fsp3) is 0.300. The summed E-state index contributed by atoms with van der Waals surface area (Å²) in [7, 11) is 0. The van der Waals surface area contributed by atoms with Gasteiger partial charge in [0.2, 0.25) is 0 Å². The minimum atomic E-state index is -0.321. The molecule has 0 spiro atoms. The summed E-state index contributed by atoms with van der Waals surface area (Å²) in [4.78, 5) is 27.2. The Morgan fingerprint density at radius 3 is 2.38 bits per heavy atom. The molecule has 1 atom stereocenters. The van der Waals surface area contributed by atoms with Gasteiger partial charge in [-0.05, 0) is 42.0 Å². The van der Waals surface area contributed by atoms with E-state index < -0.39 is 0 Å². The van der Waals surface area contributed by atoms with E-state index in [2.05, 4.69) is 13.8 Å². The van der Waals surface area contributed by atoms with E-state index in [4.69, 9.17) is 5.73 Å². The van der Waals surface area contributed by atoms with E-state index in [1.165, 1.54) is 4.90 Å². The number of hydrogen-bond acceptors (Lipinski definition) is 3. The van der Waals surface area contributed by atoms with Crippen LogP contribution in [0.5, 0.6) is 0 Å². The Morgan fingerprint density at radius 2 is 1.75 bits per heavy atom. The van der Waals surface area contributed by atoms with Gasteiger partial charge in [-0.2, -0.15) is 0 Å². The lowest BCUT2D eigenvalue weighted by atomic mass is 9.93. The highest BCUT2D eigenvalue weighted by atomic mass is 16.2. The van der Waals surface area contributed by atoms with Crippen LogP contribution in [0.15, 0.2) is 36.4 Å². The Kier molecular flexibility index (Phi) is 4.14. The minimum Gasteiger partial charge on any atom is -0.398 e. The van der Waals surface area contributed by atoms with Gasteiger partial charge in [0.25, 0.3) is 11.8 Å². The highest BCUT2D eigenvalue weighted by molar-refractivity contribution is 6.36. The second-order valence-corrected chi connectivity index (χ2v) is 6.23. The standard InChI is InChI=1S/C20H22N2O2/c1-4-12(3)14-9-6-8-13(5-2)18(14)22-19(23)15-10-7-11-16(21)17(15)20(22)24/h6-12H,4-5,21H2,1-3H3. The maximum atomic E-state index is 13.0. The molecule has 0 saturated heterocycles. The lowest BCUT2D eigenvalue weighted by Gasteiger charge is -2.24. The second-order valence-electron chi connectivity index (χ2n) is 6.23. The van der Waals surface area contributed by atoms with Gasteiger partial charge in [-0.15, -0.1) is 0 Å². The molecule has 0 radical (unpaired) electrons. The topological polar surface area (TPSA) is 63.4 Å². The third kappa shape index (κ3) is 2.30. The number of para-hydroxylation sites is 1. The van der Waals surface area contributed by atoms with Crippen LogP contribution in [0.2, 0.25) is 0 Å². The molecule has 124 valence electrons. The maximum absolute atomic E-state index is 13.0. The van der Waals surface area contributed by atoms with Crippen molar-refractivity contribution < 1.29 is 9.59 Å². The number of fused-ring (bicyclic) bond motifs is 1. The Labute approximate surface area is 142 Å². The molecule has 0 bridgehead atoms. The molecule has 0 saturated carbocycles. The summed E-state index contributed by atoms with van der Waals surface area (Å²) in [6.07, 6.45) is 1.69. The first-order chi connectivity index (χ1) is 11.5. The van der Waals surface area contributed by atoms with Crippen LogP contribution in [-0.2, 0) is 6.42 Å². The number of nitrogen functional groups attached to an aromatic ring is 1. The average molecular weight is 322 g/mol. The van der Waals surface area contributed by atoms with Gasteiger partial charge in [-0.3, -0.25) is 9.59 Å². The minimum absolute atomic E-state index is 0.258. The summed E-state index contributed by atoms with van der Waals surface area (Å²) in [5, 5.41) is 0. The van der Waals surface area contributed by atoms with E-state index in [0.29, 0.717) is 16.8 Å². The number of anilines is 2. The summed E-state index contributed by atoms with van der Waals surface area (Å²) in [5.41, 5.74) is 9.80. The van der Waals surface area contributed by atoms with Crippen LogP contribution in [0.25, 0.3) is 0 Å². The first-order valence-corrected chi connectivity index (χ1v) is 8.40. The van der Waals surface area contributed by atoms with Crippen molar-refractivity contribution in [3.63, 3.8) is 0 Å². The molecular weight excluding hydrogens is 300 g/mol. The van der Waals surface area contributed by atoms with Crippen molar-refractivity contribution in [3.8, 4) is 0 Å². The van der Waals surface area contributed by atoms with Crippen molar-refractivity contribution in [1.29, 1.82) is 0 Å². The van der Waals surface area contributed by atoms with Crippen molar-refractivity contribution in [1.82, 2.24) is 0 Å². The molecule has 24 heavy (non-hydrogen) atoms. The van der Waals surface area contributed by atoms with E-state index >= 15 is 0 Å². The molecule has 2 aromatic rings. The van der Waals surface area contributed by atoms with Crippen molar-refractivity contribution in [2.24, 2.45) is 0 Å². The van der Waals surface area contributed by atoms with Gasteiger partial charge in [-0.25, -0.2) is 4.90 Å². The summed E-state index contributed by atoms with van der Waals surface area (Å²) < 4.78 is 0. The molecule has 1 unspecified atom stereocenters. The molecule has 2 aromatic carbocycles. The lowest BCUT2D eigenvalue weighted by molar-refractivity contribution is 0.0926. The zero-order valence-corrected chi connectivity index (χ0v) is 14.3. The monoisotopic (exact) mass is 322 g/mol. The van der Waals surface area contributed by atoms with Gasteiger partial charge < -0.3 is 5.73 Å². The molecule has 4 heteroatoms. The number of imide groups is 1. The lowest BCUT2D eigenvalue weighted by Crippen LogP contribution is -2.31. The van der Waals surface area contributed by atoms with Crippen LogP contribution in [0.3, 0.4) is 0 Å². The van der Waals surface area contributed by atoms with Gasteiger partial charge in [0, 0.05) is 5.69 Å². The van der Waals surface area contributed by atoms with Crippen molar-refractivity contribution in [2.75, 3.05) is 10.6 Å². The molecule has 4 nitrogen and oxygen atoms in total. The number of nitrogens with two attached hydrogens (primary N) is 1. The summed E-state index contributed by atoms with van der Waals surface area (Å²) in [6, 6.07) is 11.0. The van der Waals surface area contributed by atoms with Gasteiger partial charge in [-0.1, -0.05) is 45.0 Å². The van der Waals surface area contributed by atoms with E-state index in [1.54, 1.807) is 18.2 Å². The highest BCUT2D eigenvalue weighted by Crippen LogP contribution is 2.39. The average Bonchev–Trinajstić information content (AvgIpc) is 2.85. The third-order valence-corrected chi connectivity index (χ3v) is 4.85. The molecule has 2 amide bonds. The van der Waals surface area contributed by atoms with Crippen molar-refractivity contribution >= 4 is 23.2 Å². The highest BCUT2D eigenvalue weighted by Gasteiger charge is 2.40. The molecule has 3 rings (SSSR count). The third-order valence-electron chi connectivity index (χ3n) is 4.85. The Balaban J connectivity index is 2.23. The molecule has 0 aromatic heterocycles. The number of hydrogen-bond donors (Lipinski definition) is 1. The zero-order valence-electron chi connectivity index (χ0n) is 14.3. The van der Waals surface area contributed by atoms with E-state index in [1.807, 2.05) is 25.1 Å². The van der Waals surface area contributed by atoms with Crippen LogP contribution in [0.4, 0.5) is 11.4 Å². The maximum Gasteiger partial charge on any atom is 0.268 e. The van der Waals surface area contributed by atoms with Crippen LogP contribution < -0.4 is 10.6 Å². The van der Waals surface area contributed by atoms with E-state index in [9.17, 15) is 9.59 Å². The first kappa shape index (κ1) is 16.2. The van der Waals surface area contributed by atoms with Gasteiger partial charge in [0.1, 0.15) is 0 Å². The quantitative estimate of drug-likeness (QED) is 0.679. The number of rotatable bonds is 4. The molecule has 1 aliphatic rings. The zero-order chi connectivity index (χ0) is 17.4. The number of amides is 2. The number of benzene rings is 2. The van der Waals surface area contributed by atoms with E-state index in [-0.39, 0.29) is 17.7 Å². The van der Waals surface area contributed by atoms with Gasteiger partial charge >= 0.3 is 0 Å². The molecule has 2 N–H and O–H groups in total. The van der Waals surface area contributed by atoms with Crippen LogP contribution in [0.1, 0.15) is 65.0 Å². The van der Waals surface area contributed by atoms with Crippen LogP contribution in [-0.4, -0.2) is 11.8 Å². The number of nitrogens with zero attached hydrogens (tertiary/aromatic N) is 1. The second kappa shape index (κ2) is 6.11. The van der Waals surface area contributed by atoms with Gasteiger partial charge in [0.15, 0.2) is 0 Å². The number of carbonyl (C=O) groups excluding carboxylic acids is 2. The Hall–Kier alpha value is -2.62. The fourth-order valence-corrected chi connectivity index (χ4v) is 3.30. The molecule has 0 aliphatic carbocycles. The summed E-state index contributed by atoms with van der Waals surface area (Å²) in [6.45, 7) is 6.25. The summed E-state index contributed by atoms with van der Waals surface area (Å²) >= 11 is 0. The predicted molar refractivity (Wildman–Crippen MR) is 96.5 cm³/mol.